The third kappa shape index (κ3) is 2.13. The zero-order valence-electron chi connectivity index (χ0n) is 8.96. The van der Waals surface area contributed by atoms with E-state index >= 15 is 0 Å². The summed E-state index contributed by atoms with van der Waals surface area (Å²) in [5, 5.41) is 3.55. The molecule has 2 rings (SSSR count). The molecule has 1 aliphatic rings. The Morgan fingerprint density at radius 1 is 1.43 bits per heavy atom. The first-order chi connectivity index (χ1) is 6.75. The van der Waals surface area contributed by atoms with Gasteiger partial charge in [0.2, 0.25) is 0 Å². The van der Waals surface area contributed by atoms with Gasteiger partial charge >= 0.3 is 0 Å². The molecule has 1 saturated heterocycles. The molecule has 0 radical (unpaired) electrons. The van der Waals surface area contributed by atoms with Gasteiger partial charge < -0.3 is 5.32 Å². The summed E-state index contributed by atoms with van der Waals surface area (Å²) < 4.78 is 0. The fraction of sp³-hybridized carbons (Fsp3) is 0.583. The Morgan fingerprint density at radius 3 is 3.00 bits per heavy atom. The number of aromatic nitrogens is 1. The average Bonchev–Trinajstić information content (AvgIpc) is 2.18. The SMILES string of the molecule is Cc1cncc(C2CC(C)CCN2)c1. The van der Waals surface area contributed by atoms with Crippen LogP contribution in [0.5, 0.6) is 0 Å². The minimum absolute atomic E-state index is 0.520. The largest absolute Gasteiger partial charge is 0.310 e. The summed E-state index contributed by atoms with van der Waals surface area (Å²) in [4.78, 5) is 4.24. The highest BCUT2D eigenvalue weighted by Gasteiger charge is 2.19. The first-order valence-corrected chi connectivity index (χ1v) is 5.40. The Bertz CT molecular complexity index is 309. The summed E-state index contributed by atoms with van der Waals surface area (Å²) in [5.74, 6) is 0.835. The highest BCUT2D eigenvalue weighted by atomic mass is 14.9. The second kappa shape index (κ2) is 4.09. The number of hydrogen-bond donors (Lipinski definition) is 1. The summed E-state index contributed by atoms with van der Waals surface area (Å²) in [6.07, 6.45) is 6.44. The van der Waals surface area contributed by atoms with Gasteiger partial charge in [0.25, 0.3) is 0 Å². The maximum Gasteiger partial charge on any atom is 0.0338 e. The van der Waals surface area contributed by atoms with Crippen LogP contribution in [0.4, 0.5) is 0 Å². The van der Waals surface area contributed by atoms with Crippen molar-refractivity contribution in [2.24, 2.45) is 5.92 Å². The van der Waals surface area contributed by atoms with Gasteiger partial charge in [-0.3, -0.25) is 4.98 Å². The first-order valence-electron chi connectivity index (χ1n) is 5.40. The van der Waals surface area contributed by atoms with Gasteiger partial charge in [0.1, 0.15) is 0 Å². The standard InChI is InChI=1S/C12H18N2/c1-9-3-4-14-12(6-9)11-5-10(2)7-13-8-11/h5,7-9,12,14H,3-4,6H2,1-2H3. The second-order valence-electron chi connectivity index (χ2n) is 4.43. The normalized spacial score (nSPS) is 27.6. The maximum absolute atomic E-state index is 4.24. The third-order valence-electron chi connectivity index (χ3n) is 2.96. The van der Waals surface area contributed by atoms with Gasteiger partial charge in [-0.25, -0.2) is 0 Å². The highest BCUT2D eigenvalue weighted by Crippen LogP contribution is 2.26. The van der Waals surface area contributed by atoms with Crippen molar-refractivity contribution in [1.82, 2.24) is 10.3 Å². The van der Waals surface area contributed by atoms with Gasteiger partial charge in [-0.15, -0.1) is 0 Å². The molecular weight excluding hydrogens is 172 g/mol. The summed E-state index contributed by atoms with van der Waals surface area (Å²) in [5.41, 5.74) is 2.60. The molecule has 0 saturated carbocycles. The molecule has 76 valence electrons. The number of pyridine rings is 1. The highest BCUT2D eigenvalue weighted by molar-refractivity contribution is 5.20. The number of hydrogen-bond acceptors (Lipinski definition) is 2. The van der Waals surface area contributed by atoms with Gasteiger partial charge in [0.05, 0.1) is 0 Å². The van der Waals surface area contributed by atoms with Crippen molar-refractivity contribution >= 4 is 0 Å². The van der Waals surface area contributed by atoms with E-state index < -0.39 is 0 Å². The number of nitrogens with one attached hydrogen (secondary N) is 1. The lowest BCUT2D eigenvalue weighted by molar-refractivity contribution is 0.325. The molecule has 0 spiro atoms. The molecule has 2 atom stereocenters. The fourth-order valence-corrected chi connectivity index (χ4v) is 2.13. The molecule has 0 aromatic carbocycles. The Balaban J connectivity index is 2.14. The van der Waals surface area contributed by atoms with Crippen LogP contribution < -0.4 is 5.32 Å². The molecular formula is C12H18N2. The Hall–Kier alpha value is -0.890. The first kappa shape index (κ1) is 9.66. The Morgan fingerprint density at radius 2 is 2.29 bits per heavy atom. The lowest BCUT2D eigenvalue weighted by Crippen LogP contribution is -2.30. The molecule has 1 fully saturated rings. The number of aryl methyl sites for hydroxylation is 1. The maximum atomic E-state index is 4.24. The second-order valence-corrected chi connectivity index (χ2v) is 4.43. The van der Waals surface area contributed by atoms with E-state index in [-0.39, 0.29) is 0 Å². The van der Waals surface area contributed by atoms with Crippen LogP contribution in [-0.4, -0.2) is 11.5 Å². The zero-order valence-corrected chi connectivity index (χ0v) is 8.96. The van der Waals surface area contributed by atoms with Crippen LogP contribution in [0.25, 0.3) is 0 Å². The summed E-state index contributed by atoms with van der Waals surface area (Å²) in [6.45, 7) is 5.57. The molecule has 1 aliphatic heterocycles. The van der Waals surface area contributed by atoms with E-state index in [2.05, 4.69) is 30.2 Å². The van der Waals surface area contributed by atoms with E-state index in [4.69, 9.17) is 0 Å². The van der Waals surface area contributed by atoms with Gasteiger partial charge in [0, 0.05) is 18.4 Å². The van der Waals surface area contributed by atoms with Crippen molar-refractivity contribution in [3.63, 3.8) is 0 Å². The smallest absolute Gasteiger partial charge is 0.0338 e. The van der Waals surface area contributed by atoms with E-state index in [9.17, 15) is 0 Å². The molecule has 1 aromatic rings. The Labute approximate surface area is 85.7 Å². The van der Waals surface area contributed by atoms with Crippen LogP contribution in [0.1, 0.15) is 36.9 Å². The van der Waals surface area contributed by atoms with E-state index in [0.717, 1.165) is 12.5 Å². The molecule has 0 bridgehead atoms. The van der Waals surface area contributed by atoms with Gasteiger partial charge in [-0.2, -0.15) is 0 Å². The summed E-state index contributed by atoms with van der Waals surface area (Å²) in [7, 11) is 0. The molecule has 1 aromatic heterocycles. The van der Waals surface area contributed by atoms with E-state index in [1.165, 1.54) is 24.0 Å². The van der Waals surface area contributed by atoms with Gasteiger partial charge in [-0.1, -0.05) is 13.0 Å². The molecule has 14 heavy (non-hydrogen) atoms. The minimum atomic E-state index is 0.520. The molecule has 0 aliphatic carbocycles. The predicted molar refractivity (Wildman–Crippen MR) is 58.1 cm³/mol. The van der Waals surface area contributed by atoms with Crippen LogP contribution >= 0.6 is 0 Å². The molecule has 2 heteroatoms. The van der Waals surface area contributed by atoms with E-state index in [1.54, 1.807) is 0 Å². The van der Waals surface area contributed by atoms with Gasteiger partial charge in [0.15, 0.2) is 0 Å². The van der Waals surface area contributed by atoms with E-state index in [0.29, 0.717) is 6.04 Å². The van der Waals surface area contributed by atoms with Gasteiger partial charge in [-0.05, 0) is 43.4 Å². The Kier molecular flexibility index (Phi) is 2.82. The van der Waals surface area contributed by atoms with Crippen LogP contribution in [0.3, 0.4) is 0 Å². The van der Waals surface area contributed by atoms with Crippen LogP contribution in [0.15, 0.2) is 18.5 Å². The minimum Gasteiger partial charge on any atom is -0.310 e. The van der Waals surface area contributed by atoms with Crippen LogP contribution in [0, 0.1) is 12.8 Å². The van der Waals surface area contributed by atoms with Crippen molar-refractivity contribution < 1.29 is 0 Å². The zero-order chi connectivity index (χ0) is 9.97. The van der Waals surface area contributed by atoms with Crippen molar-refractivity contribution in [1.29, 1.82) is 0 Å². The lowest BCUT2D eigenvalue weighted by atomic mass is 9.90. The topological polar surface area (TPSA) is 24.9 Å². The molecule has 1 N–H and O–H groups in total. The number of rotatable bonds is 1. The van der Waals surface area contributed by atoms with Crippen molar-refractivity contribution in [3.05, 3.63) is 29.6 Å². The third-order valence-corrected chi connectivity index (χ3v) is 2.96. The molecule has 2 nitrogen and oxygen atoms in total. The molecule has 2 unspecified atom stereocenters. The predicted octanol–water partition coefficient (Wildman–Crippen LogP) is 2.45. The van der Waals surface area contributed by atoms with Crippen LogP contribution in [-0.2, 0) is 0 Å². The average molecular weight is 190 g/mol. The summed E-state index contributed by atoms with van der Waals surface area (Å²) in [6, 6.07) is 2.76. The van der Waals surface area contributed by atoms with E-state index in [1.807, 2.05) is 12.4 Å². The number of nitrogens with zero attached hydrogens (tertiary/aromatic N) is 1. The van der Waals surface area contributed by atoms with Crippen molar-refractivity contribution in [2.75, 3.05) is 6.54 Å². The monoisotopic (exact) mass is 190 g/mol. The molecule has 0 amide bonds. The van der Waals surface area contributed by atoms with Crippen molar-refractivity contribution in [2.45, 2.75) is 32.7 Å². The fourth-order valence-electron chi connectivity index (χ4n) is 2.13. The molecule has 2 heterocycles. The summed E-state index contributed by atoms with van der Waals surface area (Å²) >= 11 is 0. The lowest BCUT2D eigenvalue weighted by Gasteiger charge is -2.28. The van der Waals surface area contributed by atoms with Crippen LogP contribution in [0.2, 0.25) is 0 Å². The quantitative estimate of drug-likeness (QED) is 0.735. The van der Waals surface area contributed by atoms with Crippen molar-refractivity contribution in [3.8, 4) is 0 Å². The number of piperidine rings is 1.